The average Bonchev–Trinajstić information content (AvgIpc) is 2.91. The topological polar surface area (TPSA) is 107 Å². The molecule has 2 rings (SSSR count). The van der Waals surface area contributed by atoms with Crippen molar-refractivity contribution in [3.05, 3.63) is 29.8 Å². The monoisotopic (exact) mass is 327 g/mol. The highest BCUT2D eigenvalue weighted by molar-refractivity contribution is 5.86. The van der Waals surface area contributed by atoms with Gasteiger partial charge in [-0.25, -0.2) is 0 Å². The Morgan fingerprint density at radius 1 is 1.27 bits per heavy atom. The number of hydrogen-bond acceptors (Lipinski definition) is 4. The molecule has 1 saturated carbocycles. The molecule has 0 spiro atoms. The predicted octanol–water partition coefficient (Wildman–Crippen LogP) is 0.860. The van der Waals surface area contributed by atoms with Crippen LogP contribution in [0, 0.1) is 0 Å². The minimum atomic E-state index is -0.722. The van der Waals surface area contributed by atoms with E-state index < -0.39 is 11.4 Å². The minimum Gasteiger partial charge on any atom is -0.484 e. The molecule has 1 aliphatic rings. The van der Waals surface area contributed by atoms with Gasteiger partial charge >= 0.3 is 0 Å². The fourth-order valence-electron chi connectivity index (χ4n) is 2.49. The second-order valence-electron chi connectivity index (χ2n) is 5.45. The van der Waals surface area contributed by atoms with Gasteiger partial charge in [0.15, 0.2) is 6.61 Å². The lowest BCUT2D eigenvalue weighted by molar-refractivity contribution is -0.126. The number of benzene rings is 1. The van der Waals surface area contributed by atoms with Crippen molar-refractivity contribution in [1.29, 1.82) is 0 Å². The second kappa shape index (κ2) is 8.00. The molecule has 122 valence electrons. The van der Waals surface area contributed by atoms with Crippen molar-refractivity contribution in [2.75, 3.05) is 6.61 Å². The quantitative estimate of drug-likeness (QED) is 0.720. The summed E-state index contributed by atoms with van der Waals surface area (Å²) in [5, 5.41) is 2.86. The molecule has 6 nitrogen and oxygen atoms in total. The maximum Gasteiger partial charge on any atom is 0.255 e. The number of carbonyl (C=O) groups is 2. The molecule has 1 aromatic rings. The first kappa shape index (κ1) is 18.3. The Bertz CT molecular complexity index is 531. The third kappa shape index (κ3) is 4.89. The highest BCUT2D eigenvalue weighted by atomic mass is 35.5. The number of primary amides is 1. The van der Waals surface area contributed by atoms with Crippen molar-refractivity contribution in [2.45, 2.75) is 37.8 Å². The van der Waals surface area contributed by atoms with Gasteiger partial charge in [-0.15, -0.1) is 12.4 Å². The largest absolute Gasteiger partial charge is 0.484 e. The third-order valence-electron chi connectivity index (χ3n) is 3.68. The van der Waals surface area contributed by atoms with E-state index in [4.69, 9.17) is 16.2 Å². The van der Waals surface area contributed by atoms with Crippen LogP contribution in [0.2, 0.25) is 0 Å². The van der Waals surface area contributed by atoms with E-state index in [-0.39, 0.29) is 24.9 Å². The Labute approximate surface area is 136 Å². The Hall–Kier alpha value is -1.79. The molecule has 1 fully saturated rings. The maximum absolute atomic E-state index is 12.1. The van der Waals surface area contributed by atoms with E-state index in [9.17, 15) is 9.59 Å². The molecule has 1 aliphatic carbocycles. The molecule has 0 unspecified atom stereocenters. The summed E-state index contributed by atoms with van der Waals surface area (Å²) in [6, 6.07) is 7.16. The van der Waals surface area contributed by atoms with Crippen LogP contribution in [-0.4, -0.2) is 24.0 Å². The lowest BCUT2D eigenvalue weighted by Crippen LogP contribution is -2.51. The molecule has 5 N–H and O–H groups in total. The van der Waals surface area contributed by atoms with Gasteiger partial charge in [-0.1, -0.05) is 25.0 Å². The van der Waals surface area contributed by atoms with E-state index in [0.29, 0.717) is 12.3 Å². The average molecular weight is 328 g/mol. The van der Waals surface area contributed by atoms with Crippen molar-refractivity contribution in [2.24, 2.45) is 11.5 Å². The zero-order chi connectivity index (χ0) is 15.3. The van der Waals surface area contributed by atoms with Crippen molar-refractivity contribution in [1.82, 2.24) is 5.32 Å². The van der Waals surface area contributed by atoms with Gasteiger partial charge in [0, 0.05) is 6.54 Å². The summed E-state index contributed by atoms with van der Waals surface area (Å²) < 4.78 is 5.22. The first-order valence-corrected chi connectivity index (χ1v) is 7.07. The Balaban J connectivity index is 0.00000242. The van der Waals surface area contributed by atoms with Crippen molar-refractivity contribution in [3.63, 3.8) is 0 Å². The van der Waals surface area contributed by atoms with Crippen LogP contribution in [0.4, 0.5) is 0 Å². The molecule has 0 atom stereocenters. The standard InChI is InChI=1S/C15H21N3O3.ClH/c16-13(19)10-21-12-5-3-4-11(8-12)9-18-14(20)15(17)6-1-2-7-15;/h3-5,8H,1-2,6-7,9-10,17H2,(H2,16,19)(H,18,20);1H. The van der Waals surface area contributed by atoms with Crippen LogP contribution in [0.25, 0.3) is 0 Å². The number of amides is 2. The zero-order valence-corrected chi connectivity index (χ0v) is 13.2. The molecular formula is C15H22ClN3O3. The van der Waals surface area contributed by atoms with E-state index >= 15 is 0 Å². The molecule has 0 saturated heterocycles. The number of nitrogens with two attached hydrogens (primary N) is 2. The fourth-order valence-corrected chi connectivity index (χ4v) is 2.49. The summed E-state index contributed by atoms with van der Waals surface area (Å²) >= 11 is 0. The number of hydrogen-bond donors (Lipinski definition) is 3. The van der Waals surface area contributed by atoms with Gasteiger partial charge in [0.05, 0.1) is 5.54 Å². The van der Waals surface area contributed by atoms with Gasteiger partial charge in [-0.2, -0.15) is 0 Å². The summed E-state index contributed by atoms with van der Waals surface area (Å²) in [4.78, 5) is 22.8. The van der Waals surface area contributed by atoms with Crippen molar-refractivity contribution >= 4 is 24.2 Å². The van der Waals surface area contributed by atoms with Crippen molar-refractivity contribution < 1.29 is 14.3 Å². The fraction of sp³-hybridized carbons (Fsp3) is 0.467. The van der Waals surface area contributed by atoms with Crippen molar-refractivity contribution in [3.8, 4) is 5.75 Å². The Morgan fingerprint density at radius 2 is 1.95 bits per heavy atom. The van der Waals surface area contributed by atoms with E-state index in [1.54, 1.807) is 18.2 Å². The summed E-state index contributed by atoms with van der Waals surface area (Å²) in [5.74, 6) is -0.0904. The smallest absolute Gasteiger partial charge is 0.255 e. The number of rotatable bonds is 6. The van der Waals surface area contributed by atoms with Gasteiger partial charge in [0.2, 0.25) is 5.91 Å². The van der Waals surface area contributed by atoms with Gasteiger partial charge in [-0.05, 0) is 30.5 Å². The minimum absolute atomic E-state index is 0. The van der Waals surface area contributed by atoms with E-state index in [1.807, 2.05) is 6.07 Å². The molecule has 7 heteroatoms. The molecule has 0 heterocycles. The molecular weight excluding hydrogens is 306 g/mol. The molecule has 0 radical (unpaired) electrons. The number of halogens is 1. The summed E-state index contributed by atoms with van der Waals surface area (Å²) in [5.41, 5.74) is 11.3. The highest BCUT2D eigenvalue weighted by Crippen LogP contribution is 2.27. The van der Waals surface area contributed by atoms with Crippen LogP contribution >= 0.6 is 12.4 Å². The third-order valence-corrected chi connectivity index (χ3v) is 3.68. The van der Waals surface area contributed by atoms with E-state index in [1.165, 1.54) is 0 Å². The lowest BCUT2D eigenvalue weighted by atomic mass is 9.98. The van der Waals surface area contributed by atoms with Crippen LogP contribution in [0.15, 0.2) is 24.3 Å². The second-order valence-corrected chi connectivity index (χ2v) is 5.45. The number of nitrogens with one attached hydrogen (secondary N) is 1. The van der Waals surface area contributed by atoms with Crippen LogP contribution in [0.5, 0.6) is 5.75 Å². The maximum atomic E-state index is 12.1. The molecule has 22 heavy (non-hydrogen) atoms. The lowest BCUT2D eigenvalue weighted by Gasteiger charge is -2.22. The van der Waals surface area contributed by atoms with E-state index in [0.717, 1.165) is 31.2 Å². The molecule has 0 aliphatic heterocycles. The first-order chi connectivity index (χ1) is 9.99. The molecule has 1 aromatic carbocycles. The molecule has 0 aromatic heterocycles. The van der Waals surface area contributed by atoms with E-state index in [2.05, 4.69) is 5.32 Å². The highest BCUT2D eigenvalue weighted by Gasteiger charge is 2.36. The molecule has 2 amide bonds. The SMILES string of the molecule is Cl.NC(=O)COc1cccc(CNC(=O)C2(N)CCCC2)c1. The number of carbonyl (C=O) groups excluding carboxylic acids is 2. The van der Waals surface area contributed by atoms with Gasteiger partial charge in [-0.3, -0.25) is 9.59 Å². The van der Waals surface area contributed by atoms with Gasteiger partial charge in [0.25, 0.3) is 5.91 Å². The zero-order valence-electron chi connectivity index (χ0n) is 12.3. The van der Waals surface area contributed by atoms with Gasteiger partial charge in [0.1, 0.15) is 5.75 Å². The van der Waals surface area contributed by atoms with Crippen LogP contribution in [-0.2, 0) is 16.1 Å². The summed E-state index contributed by atoms with van der Waals surface area (Å²) in [6.07, 6.45) is 3.47. The summed E-state index contributed by atoms with van der Waals surface area (Å²) in [6.45, 7) is 0.216. The molecule has 0 bridgehead atoms. The predicted molar refractivity (Wildman–Crippen MR) is 85.6 cm³/mol. The Morgan fingerprint density at radius 3 is 2.59 bits per heavy atom. The van der Waals surface area contributed by atoms with Crippen LogP contribution < -0.4 is 21.5 Å². The summed E-state index contributed by atoms with van der Waals surface area (Å²) in [7, 11) is 0. The van der Waals surface area contributed by atoms with Crippen LogP contribution in [0.3, 0.4) is 0 Å². The normalized spacial score (nSPS) is 15.7. The number of ether oxygens (including phenoxy) is 1. The Kier molecular flexibility index (Phi) is 6.64. The van der Waals surface area contributed by atoms with Crippen LogP contribution in [0.1, 0.15) is 31.2 Å². The first-order valence-electron chi connectivity index (χ1n) is 7.07. The van der Waals surface area contributed by atoms with Gasteiger partial charge < -0.3 is 21.5 Å².